The van der Waals surface area contributed by atoms with Crippen LogP contribution in [0.25, 0.3) is 0 Å². The average molecular weight is 369 g/mol. The first-order chi connectivity index (χ1) is 12.6. The SMILES string of the molecule is Cc1cnc(C(=O)O[C@@H](C)C(=O)c2ccc(NC(=O)C(C)(C)C)cc2)cn1. The molecule has 0 unspecified atom stereocenters. The fraction of sp³-hybridized carbons (Fsp3) is 0.350. The van der Waals surface area contributed by atoms with Crippen molar-refractivity contribution in [3.63, 3.8) is 0 Å². The summed E-state index contributed by atoms with van der Waals surface area (Å²) in [5.41, 5.74) is 1.16. The third-order valence-corrected chi connectivity index (χ3v) is 3.75. The van der Waals surface area contributed by atoms with Gasteiger partial charge in [0.05, 0.1) is 11.9 Å². The van der Waals surface area contributed by atoms with Gasteiger partial charge in [-0.2, -0.15) is 0 Å². The number of ketones is 1. The molecule has 2 rings (SSSR count). The molecule has 1 aromatic heterocycles. The van der Waals surface area contributed by atoms with Gasteiger partial charge in [0.25, 0.3) is 0 Å². The number of nitrogens with one attached hydrogen (secondary N) is 1. The van der Waals surface area contributed by atoms with Gasteiger partial charge in [-0.1, -0.05) is 20.8 Å². The molecule has 0 radical (unpaired) electrons. The number of aromatic nitrogens is 2. The predicted molar refractivity (Wildman–Crippen MR) is 101 cm³/mol. The van der Waals surface area contributed by atoms with E-state index in [1.807, 2.05) is 20.8 Å². The molecular weight excluding hydrogens is 346 g/mol. The van der Waals surface area contributed by atoms with Crippen LogP contribution in [-0.4, -0.2) is 33.7 Å². The molecule has 0 saturated carbocycles. The third kappa shape index (κ3) is 5.44. The minimum atomic E-state index is -0.976. The van der Waals surface area contributed by atoms with Crippen LogP contribution in [-0.2, 0) is 9.53 Å². The second kappa shape index (κ2) is 8.07. The van der Waals surface area contributed by atoms with E-state index < -0.39 is 17.5 Å². The summed E-state index contributed by atoms with van der Waals surface area (Å²) in [6.07, 6.45) is 1.78. The highest BCUT2D eigenvalue weighted by Gasteiger charge is 2.23. The molecule has 1 amide bonds. The maximum absolute atomic E-state index is 12.5. The van der Waals surface area contributed by atoms with Crippen molar-refractivity contribution in [3.05, 3.63) is 53.6 Å². The summed E-state index contributed by atoms with van der Waals surface area (Å²) in [6, 6.07) is 6.43. The Labute approximate surface area is 158 Å². The molecule has 0 aliphatic heterocycles. The Balaban J connectivity index is 2.01. The number of anilines is 1. The smallest absolute Gasteiger partial charge is 0.359 e. The maximum atomic E-state index is 12.5. The van der Waals surface area contributed by atoms with E-state index in [1.54, 1.807) is 31.2 Å². The third-order valence-electron chi connectivity index (χ3n) is 3.75. The number of hydrogen-bond donors (Lipinski definition) is 1. The van der Waals surface area contributed by atoms with Crippen LogP contribution in [0.1, 0.15) is 54.2 Å². The van der Waals surface area contributed by atoms with Crippen LogP contribution in [0.3, 0.4) is 0 Å². The van der Waals surface area contributed by atoms with Gasteiger partial charge in [-0.3, -0.25) is 14.6 Å². The molecule has 0 aliphatic rings. The van der Waals surface area contributed by atoms with Crippen molar-refractivity contribution in [2.45, 2.75) is 40.7 Å². The number of hydrogen-bond acceptors (Lipinski definition) is 6. The fourth-order valence-electron chi connectivity index (χ4n) is 2.04. The molecule has 0 aliphatic carbocycles. The van der Waals surface area contributed by atoms with Crippen LogP contribution in [0.4, 0.5) is 5.69 Å². The predicted octanol–water partition coefficient (Wildman–Crippen LogP) is 3.20. The van der Waals surface area contributed by atoms with E-state index in [4.69, 9.17) is 4.74 Å². The fourth-order valence-corrected chi connectivity index (χ4v) is 2.04. The molecule has 1 heterocycles. The monoisotopic (exact) mass is 369 g/mol. The summed E-state index contributed by atoms with van der Waals surface area (Å²) in [5.74, 6) is -1.18. The molecule has 1 atom stereocenters. The lowest BCUT2D eigenvalue weighted by atomic mass is 9.95. The Morgan fingerprint density at radius 3 is 2.19 bits per heavy atom. The molecule has 27 heavy (non-hydrogen) atoms. The standard InChI is InChI=1S/C20H23N3O4/c1-12-10-22-16(11-21-12)18(25)27-13(2)17(24)14-6-8-15(9-7-14)23-19(26)20(3,4)5/h6-11,13H,1-5H3,(H,23,26)/t13-/m0/s1. The lowest BCUT2D eigenvalue weighted by Crippen LogP contribution is -2.27. The zero-order valence-electron chi connectivity index (χ0n) is 16.1. The van der Waals surface area contributed by atoms with E-state index in [0.717, 1.165) is 0 Å². The summed E-state index contributed by atoms with van der Waals surface area (Å²) in [6.45, 7) is 8.69. The van der Waals surface area contributed by atoms with Crippen molar-refractivity contribution in [3.8, 4) is 0 Å². The molecule has 7 nitrogen and oxygen atoms in total. The Kier molecular flexibility index (Phi) is 6.05. The average Bonchev–Trinajstić information content (AvgIpc) is 2.61. The van der Waals surface area contributed by atoms with Crippen LogP contribution in [0.15, 0.2) is 36.7 Å². The highest BCUT2D eigenvalue weighted by Crippen LogP contribution is 2.18. The number of rotatable bonds is 5. The van der Waals surface area contributed by atoms with Crippen LogP contribution < -0.4 is 5.32 Å². The van der Waals surface area contributed by atoms with E-state index in [0.29, 0.717) is 16.9 Å². The lowest BCUT2D eigenvalue weighted by Gasteiger charge is -2.18. The van der Waals surface area contributed by atoms with Gasteiger partial charge < -0.3 is 10.1 Å². The quantitative estimate of drug-likeness (QED) is 0.642. The summed E-state index contributed by atoms with van der Waals surface area (Å²) < 4.78 is 5.17. The van der Waals surface area contributed by atoms with Crippen molar-refractivity contribution in [1.29, 1.82) is 0 Å². The summed E-state index contributed by atoms with van der Waals surface area (Å²) in [7, 11) is 0. The van der Waals surface area contributed by atoms with Gasteiger partial charge in [-0.25, -0.2) is 9.78 Å². The Hall–Kier alpha value is -3.09. The molecular formula is C20H23N3O4. The molecule has 0 fully saturated rings. The molecule has 1 aromatic carbocycles. The maximum Gasteiger partial charge on any atom is 0.359 e. The Bertz CT molecular complexity index is 837. The van der Waals surface area contributed by atoms with Gasteiger partial charge in [-0.15, -0.1) is 0 Å². The Morgan fingerprint density at radius 1 is 1.04 bits per heavy atom. The van der Waals surface area contributed by atoms with Gasteiger partial charge in [-0.05, 0) is 38.1 Å². The molecule has 142 valence electrons. The zero-order valence-corrected chi connectivity index (χ0v) is 16.1. The van der Waals surface area contributed by atoms with E-state index in [1.165, 1.54) is 19.3 Å². The van der Waals surface area contributed by atoms with E-state index in [-0.39, 0.29) is 17.4 Å². The number of nitrogens with zero attached hydrogens (tertiary/aromatic N) is 2. The summed E-state index contributed by atoms with van der Waals surface area (Å²) in [5, 5.41) is 2.78. The van der Waals surface area contributed by atoms with E-state index in [9.17, 15) is 14.4 Å². The number of carbonyl (C=O) groups excluding carboxylic acids is 3. The first-order valence-electron chi connectivity index (χ1n) is 8.53. The van der Waals surface area contributed by atoms with Crippen LogP contribution in [0.2, 0.25) is 0 Å². The molecule has 7 heteroatoms. The van der Waals surface area contributed by atoms with E-state index in [2.05, 4.69) is 15.3 Å². The largest absolute Gasteiger partial charge is 0.449 e. The normalized spacial score (nSPS) is 12.2. The number of ether oxygens (including phenoxy) is 1. The number of amides is 1. The van der Waals surface area contributed by atoms with E-state index >= 15 is 0 Å². The number of benzene rings is 1. The first kappa shape index (κ1) is 20.2. The van der Waals surface area contributed by atoms with Crippen LogP contribution in [0, 0.1) is 12.3 Å². The van der Waals surface area contributed by atoms with Crippen molar-refractivity contribution in [2.75, 3.05) is 5.32 Å². The first-order valence-corrected chi connectivity index (χ1v) is 8.53. The number of esters is 1. The van der Waals surface area contributed by atoms with Crippen LogP contribution >= 0.6 is 0 Å². The van der Waals surface area contributed by atoms with Crippen molar-refractivity contribution in [1.82, 2.24) is 9.97 Å². The summed E-state index contributed by atoms with van der Waals surface area (Å²) >= 11 is 0. The van der Waals surface area contributed by atoms with Gasteiger partial charge in [0.2, 0.25) is 11.7 Å². The van der Waals surface area contributed by atoms with Crippen molar-refractivity contribution in [2.24, 2.45) is 5.41 Å². The second-order valence-electron chi connectivity index (χ2n) is 7.24. The molecule has 0 saturated heterocycles. The summed E-state index contributed by atoms with van der Waals surface area (Å²) in [4.78, 5) is 44.4. The number of Topliss-reactive ketones (excluding diaryl/α,β-unsaturated/α-hetero) is 1. The highest BCUT2D eigenvalue weighted by atomic mass is 16.5. The van der Waals surface area contributed by atoms with Gasteiger partial charge >= 0.3 is 5.97 Å². The zero-order chi connectivity index (χ0) is 20.2. The Morgan fingerprint density at radius 2 is 1.67 bits per heavy atom. The highest BCUT2D eigenvalue weighted by molar-refractivity contribution is 6.02. The number of carbonyl (C=O) groups is 3. The molecule has 1 N–H and O–H groups in total. The molecule has 0 bridgehead atoms. The van der Waals surface area contributed by atoms with Crippen LogP contribution in [0.5, 0.6) is 0 Å². The number of aryl methyl sites for hydroxylation is 1. The van der Waals surface area contributed by atoms with Crippen molar-refractivity contribution >= 4 is 23.3 Å². The lowest BCUT2D eigenvalue weighted by molar-refractivity contribution is -0.123. The van der Waals surface area contributed by atoms with Crippen molar-refractivity contribution < 1.29 is 19.1 Å². The minimum absolute atomic E-state index is 0.0421. The minimum Gasteiger partial charge on any atom is -0.449 e. The molecule has 2 aromatic rings. The van der Waals surface area contributed by atoms with Gasteiger partial charge in [0, 0.05) is 22.9 Å². The van der Waals surface area contributed by atoms with Gasteiger partial charge in [0.1, 0.15) is 0 Å². The topological polar surface area (TPSA) is 98.2 Å². The van der Waals surface area contributed by atoms with Gasteiger partial charge in [0.15, 0.2) is 11.8 Å². The molecule has 0 spiro atoms. The second-order valence-corrected chi connectivity index (χ2v) is 7.24.